The second-order valence-corrected chi connectivity index (χ2v) is 5.58. The molecule has 4 nitrogen and oxygen atoms in total. The predicted molar refractivity (Wildman–Crippen MR) is 84.2 cm³/mol. The van der Waals surface area contributed by atoms with E-state index in [1.165, 1.54) is 12.1 Å². The highest BCUT2D eigenvalue weighted by Gasteiger charge is 2.06. The van der Waals surface area contributed by atoms with E-state index in [1.54, 1.807) is 12.1 Å². The molecule has 116 valence electrons. The Hall–Kier alpha value is -1.92. The molecule has 22 heavy (non-hydrogen) atoms. The van der Waals surface area contributed by atoms with Crippen molar-refractivity contribution in [3.05, 3.63) is 63.9 Å². The van der Waals surface area contributed by atoms with Gasteiger partial charge < -0.3 is 15.2 Å². The number of halogens is 2. The van der Waals surface area contributed by atoms with Gasteiger partial charge in [-0.25, -0.2) is 4.39 Å². The van der Waals surface area contributed by atoms with Gasteiger partial charge in [0, 0.05) is 16.6 Å². The zero-order valence-electron chi connectivity index (χ0n) is 11.7. The summed E-state index contributed by atoms with van der Waals surface area (Å²) in [6, 6.07) is 11.6. The van der Waals surface area contributed by atoms with Gasteiger partial charge in [0.25, 0.3) is 0 Å². The van der Waals surface area contributed by atoms with E-state index in [-0.39, 0.29) is 12.4 Å². The number of ether oxygens (including phenoxy) is 1. The third kappa shape index (κ3) is 5.13. The Morgan fingerprint density at radius 1 is 1.23 bits per heavy atom. The van der Waals surface area contributed by atoms with Crippen LogP contribution in [0, 0.1) is 5.82 Å². The first-order valence-electron chi connectivity index (χ1n) is 6.63. The Morgan fingerprint density at radius 3 is 2.64 bits per heavy atom. The Morgan fingerprint density at radius 2 is 1.95 bits per heavy atom. The van der Waals surface area contributed by atoms with Gasteiger partial charge in [0.2, 0.25) is 0 Å². The molecule has 0 aliphatic heterocycles. The largest absolute Gasteiger partial charge is 0.489 e. The number of hydrogen-bond acceptors (Lipinski definition) is 3. The summed E-state index contributed by atoms with van der Waals surface area (Å²) >= 11 is 3.38. The van der Waals surface area contributed by atoms with E-state index < -0.39 is 5.97 Å². The van der Waals surface area contributed by atoms with Crippen molar-refractivity contribution >= 4 is 21.9 Å². The number of benzene rings is 2. The number of hydrogen-bond donors (Lipinski definition) is 2. The maximum Gasteiger partial charge on any atom is 0.317 e. The van der Waals surface area contributed by atoms with Crippen LogP contribution in [0.1, 0.15) is 11.1 Å². The van der Waals surface area contributed by atoms with E-state index in [0.29, 0.717) is 18.9 Å². The summed E-state index contributed by atoms with van der Waals surface area (Å²) in [5.74, 6) is -0.542. The summed E-state index contributed by atoms with van der Waals surface area (Å²) in [5.41, 5.74) is 1.70. The molecule has 0 atom stereocenters. The van der Waals surface area contributed by atoms with E-state index in [0.717, 1.165) is 15.6 Å². The van der Waals surface area contributed by atoms with E-state index in [1.807, 2.05) is 18.2 Å². The lowest BCUT2D eigenvalue weighted by molar-refractivity contribution is -0.136. The van der Waals surface area contributed by atoms with E-state index in [9.17, 15) is 9.18 Å². The van der Waals surface area contributed by atoms with Crippen LogP contribution in [0.25, 0.3) is 0 Å². The molecule has 6 heteroatoms. The Bertz CT molecular complexity index is 646. The molecule has 0 bridgehead atoms. The Balaban J connectivity index is 2.02. The Kier molecular flexibility index (Phi) is 5.91. The fourth-order valence-corrected chi connectivity index (χ4v) is 2.28. The monoisotopic (exact) mass is 367 g/mol. The number of rotatable bonds is 7. The molecule has 0 saturated carbocycles. The molecule has 2 N–H and O–H groups in total. The lowest BCUT2D eigenvalue weighted by atomic mass is 10.2. The van der Waals surface area contributed by atoms with Crippen LogP contribution in [0.3, 0.4) is 0 Å². The van der Waals surface area contributed by atoms with E-state index in [4.69, 9.17) is 9.84 Å². The molecule has 2 aromatic rings. The van der Waals surface area contributed by atoms with Crippen LogP contribution in [0.15, 0.2) is 46.9 Å². The van der Waals surface area contributed by atoms with Gasteiger partial charge in [-0.3, -0.25) is 4.79 Å². The third-order valence-electron chi connectivity index (χ3n) is 2.92. The standard InChI is InChI=1S/C16H15BrFNO3/c17-13-3-6-15(12(7-13)8-19-9-16(20)21)22-10-11-1-4-14(18)5-2-11/h1-7,19H,8-10H2,(H,20,21). The molecule has 0 fully saturated rings. The molecular formula is C16H15BrFNO3. The zero-order valence-corrected chi connectivity index (χ0v) is 13.3. The number of carboxylic acid groups (broad SMARTS) is 1. The molecule has 0 amide bonds. The summed E-state index contributed by atoms with van der Waals surface area (Å²) in [4.78, 5) is 10.5. The van der Waals surface area contributed by atoms with Gasteiger partial charge in [-0.1, -0.05) is 28.1 Å². The molecule has 2 rings (SSSR count). The second-order valence-electron chi connectivity index (χ2n) is 4.66. The zero-order chi connectivity index (χ0) is 15.9. The van der Waals surface area contributed by atoms with Crippen molar-refractivity contribution in [1.82, 2.24) is 5.32 Å². The maximum atomic E-state index is 12.9. The van der Waals surface area contributed by atoms with E-state index in [2.05, 4.69) is 21.2 Å². The molecule has 0 aromatic heterocycles. The predicted octanol–water partition coefficient (Wildman–Crippen LogP) is 3.34. The molecule has 0 radical (unpaired) electrons. The van der Waals surface area contributed by atoms with Crippen LogP contribution < -0.4 is 10.1 Å². The highest BCUT2D eigenvalue weighted by Crippen LogP contribution is 2.24. The van der Waals surface area contributed by atoms with Crippen molar-refractivity contribution in [2.45, 2.75) is 13.2 Å². The molecule has 0 aliphatic rings. The molecule has 0 heterocycles. The average molecular weight is 368 g/mol. The minimum atomic E-state index is -0.913. The summed E-state index contributed by atoms with van der Waals surface area (Å²) in [7, 11) is 0. The molecule has 2 aromatic carbocycles. The number of nitrogens with one attached hydrogen (secondary N) is 1. The van der Waals surface area contributed by atoms with Gasteiger partial charge >= 0.3 is 5.97 Å². The normalized spacial score (nSPS) is 10.5. The van der Waals surface area contributed by atoms with Gasteiger partial charge in [0.15, 0.2) is 0 Å². The molecule has 0 saturated heterocycles. The highest BCUT2D eigenvalue weighted by atomic mass is 79.9. The van der Waals surface area contributed by atoms with E-state index >= 15 is 0 Å². The van der Waals surface area contributed by atoms with Crippen molar-refractivity contribution in [3.63, 3.8) is 0 Å². The first kappa shape index (κ1) is 16.5. The number of carboxylic acids is 1. The first-order chi connectivity index (χ1) is 10.5. The van der Waals surface area contributed by atoms with Gasteiger partial charge in [0.05, 0.1) is 6.54 Å². The first-order valence-corrected chi connectivity index (χ1v) is 7.42. The van der Waals surface area contributed by atoms with Crippen LogP contribution in [0.5, 0.6) is 5.75 Å². The number of carbonyl (C=O) groups is 1. The van der Waals surface area contributed by atoms with Crippen molar-refractivity contribution in [2.24, 2.45) is 0 Å². The lowest BCUT2D eigenvalue weighted by Gasteiger charge is -2.12. The summed E-state index contributed by atoms with van der Waals surface area (Å²) in [5, 5.41) is 11.5. The lowest BCUT2D eigenvalue weighted by Crippen LogP contribution is -2.22. The number of aliphatic carboxylic acids is 1. The smallest absolute Gasteiger partial charge is 0.317 e. The van der Waals surface area contributed by atoms with Crippen molar-refractivity contribution < 1.29 is 19.0 Å². The van der Waals surface area contributed by atoms with Gasteiger partial charge in [-0.15, -0.1) is 0 Å². The molecule has 0 spiro atoms. The molecular weight excluding hydrogens is 353 g/mol. The van der Waals surface area contributed by atoms with Gasteiger partial charge in [-0.05, 0) is 35.9 Å². The third-order valence-corrected chi connectivity index (χ3v) is 3.42. The Labute approximate surface area is 136 Å². The van der Waals surface area contributed by atoms with Crippen LogP contribution in [-0.2, 0) is 17.9 Å². The SMILES string of the molecule is O=C(O)CNCc1cc(Br)ccc1OCc1ccc(F)cc1. The topological polar surface area (TPSA) is 58.6 Å². The quantitative estimate of drug-likeness (QED) is 0.787. The average Bonchev–Trinajstić information content (AvgIpc) is 2.48. The summed E-state index contributed by atoms with van der Waals surface area (Å²) < 4.78 is 19.5. The van der Waals surface area contributed by atoms with Crippen LogP contribution in [0.2, 0.25) is 0 Å². The van der Waals surface area contributed by atoms with Crippen molar-refractivity contribution in [2.75, 3.05) is 6.54 Å². The summed E-state index contributed by atoms with van der Waals surface area (Å²) in [6.45, 7) is 0.572. The maximum absolute atomic E-state index is 12.9. The fraction of sp³-hybridized carbons (Fsp3) is 0.188. The highest BCUT2D eigenvalue weighted by molar-refractivity contribution is 9.10. The van der Waals surface area contributed by atoms with Crippen molar-refractivity contribution in [1.29, 1.82) is 0 Å². The minimum absolute atomic E-state index is 0.121. The van der Waals surface area contributed by atoms with Gasteiger partial charge in [-0.2, -0.15) is 0 Å². The van der Waals surface area contributed by atoms with Crippen LogP contribution in [0.4, 0.5) is 4.39 Å². The minimum Gasteiger partial charge on any atom is -0.489 e. The second kappa shape index (κ2) is 7.91. The van der Waals surface area contributed by atoms with Crippen molar-refractivity contribution in [3.8, 4) is 5.75 Å². The molecule has 0 aliphatic carbocycles. The summed E-state index contributed by atoms with van der Waals surface area (Å²) in [6.07, 6.45) is 0. The molecule has 0 unspecified atom stereocenters. The fourth-order valence-electron chi connectivity index (χ4n) is 1.87. The van der Waals surface area contributed by atoms with Crippen LogP contribution in [-0.4, -0.2) is 17.6 Å². The van der Waals surface area contributed by atoms with Gasteiger partial charge in [0.1, 0.15) is 18.2 Å². The van der Waals surface area contributed by atoms with Crippen LogP contribution >= 0.6 is 15.9 Å².